The van der Waals surface area contributed by atoms with Crippen molar-refractivity contribution >= 4 is 18.4 Å². The summed E-state index contributed by atoms with van der Waals surface area (Å²) in [6.45, 7) is 1.92. The van der Waals surface area contributed by atoms with Crippen LogP contribution in [0.25, 0.3) is 0 Å². The number of carbonyl (C=O) groups is 2. The van der Waals surface area contributed by atoms with Crippen molar-refractivity contribution in [3.05, 3.63) is 0 Å². The van der Waals surface area contributed by atoms with Crippen LogP contribution in [0.2, 0.25) is 0 Å². The van der Waals surface area contributed by atoms with Gasteiger partial charge in [-0.15, -0.1) is 0 Å². The Hall–Kier alpha value is -0.990. The standard InChI is InChI=1S/C6H9NO2/c1-2-3-6(4-8)7-5-9/h4-5H,2-3H2,1H3. The van der Waals surface area contributed by atoms with Crippen LogP contribution in [0.15, 0.2) is 4.99 Å². The fourth-order valence-electron chi connectivity index (χ4n) is 0.478. The first-order chi connectivity index (χ1) is 4.35. The third-order valence-corrected chi connectivity index (χ3v) is 0.861. The second-order valence-corrected chi connectivity index (χ2v) is 1.59. The van der Waals surface area contributed by atoms with Crippen molar-refractivity contribution in [1.29, 1.82) is 0 Å². The number of rotatable bonds is 4. The maximum Gasteiger partial charge on any atom is 0.233 e. The molecule has 0 aliphatic heterocycles. The Morgan fingerprint density at radius 3 is 2.56 bits per heavy atom. The molecule has 0 bridgehead atoms. The molecule has 0 aliphatic rings. The first-order valence-corrected chi connectivity index (χ1v) is 2.80. The zero-order chi connectivity index (χ0) is 7.11. The van der Waals surface area contributed by atoms with E-state index in [4.69, 9.17) is 0 Å². The molecule has 0 saturated carbocycles. The molecule has 1 amide bonds. The third kappa shape index (κ3) is 3.58. The van der Waals surface area contributed by atoms with Crippen LogP contribution < -0.4 is 0 Å². The van der Waals surface area contributed by atoms with Crippen molar-refractivity contribution < 1.29 is 9.59 Å². The van der Waals surface area contributed by atoms with Crippen LogP contribution in [-0.4, -0.2) is 18.4 Å². The van der Waals surface area contributed by atoms with Crippen LogP contribution in [0.4, 0.5) is 0 Å². The maximum absolute atomic E-state index is 10.00. The van der Waals surface area contributed by atoms with E-state index in [-0.39, 0.29) is 0 Å². The summed E-state index contributed by atoms with van der Waals surface area (Å²) in [5.74, 6) is 0. The minimum absolute atomic E-state index is 0.326. The topological polar surface area (TPSA) is 46.5 Å². The Balaban J connectivity index is 3.80. The predicted molar refractivity (Wildman–Crippen MR) is 34.5 cm³/mol. The monoisotopic (exact) mass is 127 g/mol. The van der Waals surface area contributed by atoms with E-state index in [2.05, 4.69) is 4.99 Å². The molecule has 0 spiro atoms. The highest BCUT2D eigenvalue weighted by Crippen LogP contribution is 1.87. The van der Waals surface area contributed by atoms with E-state index in [1.54, 1.807) is 0 Å². The van der Waals surface area contributed by atoms with Crippen LogP contribution in [0.1, 0.15) is 19.8 Å². The van der Waals surface area contributed by atoms with E-state index in [0.29, 0.717) is 24.8 Å². The van der Waals surface area contributed by atoms with Crippen molar-refractivity contribution in [1.82, 2.24) is 0 Å². The molecule has 3 nitrogen and oxygen atoms in total. The lowest BCUT2D eigenvalue weighted by Gasteiger charge is -1.87. The van der Waals surface area contributed by atoms with Gasteiger partial charge in [-0.25, -0.2) is 4.99 Å². The number of hydrogen-bond acceptors (Lipinski definition) is 2. The Morgan fingerprint density at radius 1 is 1.56 bits per heavy atom. The van der Waals surface area contributed by atoms with Gasteiger partial charge in [0.2, 0.25) is 6.41 Å². The minimum atomic E-state index is 0.326. The van der Waals surface area contributed by atoms with E-state index >= 15 is 0 Å². The molecule has 9 heavy (non-hydrogen) atoms. The minimum Gasteiger partial charge on any atom is -0.297 e. The Morgan fingerprint density at radius 2 is 2.22 bits per heavy atom. The van der Waals surface area contributed by atoms with E-state index in [1.807, 2.05) is 6.92 Å². The predicted octanol–water partition coefficient (Wildman–Crippen LogP) is 0.583. The van der Waals surface area contributed by atoms with Gasteiger partial charge in [-0.3, -0.25) is 9.59 Å². The smallest absolute Gasteiger partial charge is 0.233 e. The zero-order valence-corrected chi connectivity index (χ0v) is 5.33. The van der Waals surface area contributed by atoms with E-state index < -0.39 is 0 Å². The summed E-state index contributed by atoms with van der Waals surface area (Å²) < 4.78 is 0. The molecule has 3 heteroatoms. The third-order valence-electron chi connectivity index (χ3n) is 0.861. The van der Waals surface area contributed by atoms with Crippen molar-refractivity contribution in [2.75, 3.05) is 0 Å². The first-order valence-electron chi connectivity index (χ1n) is 2.80. The van der Waals surface area contributed by atoms with E-state index in [9.17, 15) is 9.59 Å². The van der Waals surface area contributed by atoms with Crippen molar-refractivity contribution in [3.8, 4) is 0 Å². The van der Waals surface area contributed by atoms with Crippen LogP contribution in [0, 0.1) is 0 Å². The SMILES string of the molecule is CCCC(C=O)=NC=O. The van der Waals surface area contributed by atoms with Gasteiger partial charge in [0.05, 0.1) is 5.71 Å². The lowest BCUT2D eigenvalue weighted by molar-refractivity contribution is -0.107. The fourth-order valence-corrected chi connectivity index (χ4v) is 0.478. The number of aldehydes is 1. The van der Waals surface area contributed by atoms with Gasteiger partial charge < -0.3 is 0 Å². The fraction of sp³-hybridized carbons (Fsp3) is 0.500. The van der Waals surface area contributed by atoms with Gasteiger partial charge in [-0.2, -0.15) is 0 Å². The normalized spacial score (nSPS) is 11.0. The molecule has 50 valence electrons. The largest absolute Gasteiger partial charge is 0.297 e. The molecule has 0 unspecified atom stereocenters. The molecule has 0 atom stereocenters. The average Bonchev–Trinajstić information content (AvgIpc) is 1.88. The number of amides is 1. The van der Waals surface area contributed by atoms with Gasteiger partial charge in [-0.1, -0.05) is 13.3 Å². The molecule has 0 radical (unpaired) electrons. The molecule has 0 aromatic heterocycles. The molecule has 0 rings (SSSR count). The van der Waals surface area contributed by atoms with Crippen molar-refractivity contribution in [2.24, 2.45) is 4.99 Å². The second kappa shape index (κ2) is 5.15. The quantitative estimate of drug-likeness (QED) is 0.409. The molecule has 0 aromatic carbocycles. The molecule has 0 saturated heterocycles. The van der Waals surface area contributed by atoms with Gasteiger partial charge in [0.15, 0.2) is 6.29 Å². The summed E-state index contributed by atoms with van der Waals surface area (Å²) in [6, 6.07) is 0. The number of aliphatic imine (C=N–C) groups is 1. The molecular formula is C6H9NO2. The van der Waals surface area contributed by atoms with Crippen LogP contribution in [-0.2, 0) is 9.59 Å². The van der Waals surface area contributed by atoms with E-state index in [0.717, 1.165) is 6.42 Å². The lowest BCUT2D eigenvalue weighted by atomic mass is 10.2. The number of nitrogens with zero attached hydrogens (tertiary/aromatic N) is 1. The van der Waals surface area contributed by atoms with E-state index in [1.165, 1.54) is 0 Å². The number of hydrogen-bond donors (Lipinski definition) is 0. The highest BCUT2D eigenvalue weighted by Gasteiger charge is 1.91. The Kier molecular flexibility index (Phi) is 4.59. The summed E-state index contributed by atoms with van der Waals surface area (Å²) in [5.41, 5.74) is 0.326. The summed E-state index contributed by atoms with van der Waals surface area (Å²) in [7, 11) is 0. The van der Waals surface area contributed by atoms with Gasteiger partial charge in [0.25, 0.3) is 0 Å². The Labute approximate surface area is 53.8 Å². The number of carbonyl (C=O) groups excluding carboxylic acids is 2. The zero-order valence-electron chi connectivity index (χ0n) is 5.33. The highest BCUT2D eigenvalue weighted by atomic mass is 16.1. The highest BCUT2D eigenvalue weighted by molar-refractivity contribution is 6.29. The summed E-state index contributed by atoms with van der Waals surface area (Å²) in [4.78, 5) is 23.0. The van der Waals surface area contributed by atoms with Crippen LogP contribution >= 0.6 is 0 Å². The Bertz CT molecular complexity index is 129. The molecule has 0 fully saturated rings. The summed E-state index contributed by atoms with van der Waals surface area (Å²) >= 11 is 0. The summed E-state index contributed by atoms with van der Waals surface area (Å²) in [6.07, 6.45) is 2.42. The average molecular weight is 127 g/mol. The van der Waals surface area contributed by atoms with Gasteiger partial charge in [0.1, 0.15) is 0 Å². The lowest BCUT2D eigenvalue weighted by Crippen LogP contribution is -1.98. The summed E-state index contributed by atoms with van der Waals surface area (Å²) in [5, 5.41) is 0. The second-order valence-electron chi connectivity index (χ2n) is 1.59. The van der Waals surface area contributed by atoms with Crippen molar-refractivity contribution in [3.63, 3.8) is 0 Å². The molecule has 0 aromatic rings. The molecule has 0 heterocycles. The maximum atomic E-state index is 10.00. The van der Waals surface area contributed by atoms with Crippen LogP contribution in [0.3, 0.4) is 0 Å². The molecule has 0 aliphatic carbocycles. The van der Waals surface area contributed by atoms with Gasteiger partial charge >= 0.3 is 0 Å². The van der Waals surface area contributed by atoms with Crippen LogP contribution in [0.5, 0.6) is 0 Å². The molecular weight excluding hydrogens is 118 g/mol. The first kappa shape index (κ1) is 8.01. The van der Waals surface area contributed by atoms with Gasteiger partial charge in [-0.05, 0) is 6.42 Å². The molecule has 0 N–H and O–H groups in total. The van der Waals surface area contributed by atoms with Gasteiger partial charge in [0, 0.05) is 0 Å². The van der Waals surface area contributed by atoms with Crippen molar-refractivity contribution in [2.45, 2.75) is 19.8 Å².